The average Bonchev–Trinajstić information content (AvgIpc) is 2.67. The van der Waals surface area contributed by atoms with E-state index in [4.69, 9.17) is 5.73 Å². The normalized spacial score (nSPS) is 15.9. The molecule has 0 bridgehead atoms. The zero-order valence-electron chi connectivity index (χ0n) is 16.9. The molecule has 1 rings (SSSR count). The summed E-state index contributed by atoms with van der Waals surface area (Å²) in [6.45, 7) is 1.95. The number of nitrogens with one attached hydrogen (secondary N) is 2. The van der Waals surface area contributed by atoms with Crippen molar-refractivity contribution < 1.29 is 14.4 Å². The van der Waals surface area contributed by atoms with Gasteiger partial charge in [-0.25, -0.2) is 0 Å². The number of amides is 2. The summed E-state index contributed by atoms with van der Waals surface area (Å²) in [7, 11) is 0. The van der Waals surface area contributed by atoms with E-state index in [1.165, 1.54) is 6.42 Å². The summed E-state index contributed by atoms with van der Waals surface area (Å²) in [6, 6.07) is 0. The molecule has 4 N–H and O–H groups in total. The predicted octanol–water partition coefficient (Wildman–Crippen LogP) is 2.84. The molecule has 1 aliphatic carbocycles. The molecular formula is C21H39N3O3. The van der Waals surface area contributed by atoms with Gasteiger partial charge in [-0.05, 0) is 50.5 Å². The van der Waals surface area contributed by atoms with Crippen LogP contribution in [0.4, 0.5) is 0 Å². The van der Waals surface area contributed by atoms with Gasteiger partial charge in [0.25, 0.3) is 0 Å². The maximum absolute atomic E-state index is 12.4. The highest BCUT2D eigenvalue weighted by atomic mass is 16.2. The zero-order chi connectivity index (χ0) is 19.8. The maximum Gasteiger partial charge on any atom is 0.220 e. The molecule has 0 aromatic rings. The molecule has 2 amide bonds. The molecule has 156 valence electrons. The third-order valence-corrected chi connectivity index (χ3v) is 5.54. The van der Waals surface area contributed by atoms with Gasteiger partial charge in [-0.2, -0.15) is 0 Å². The molecule has 0 unspecified atom stereocenters. The van der Waals surface area contributed by atoms with E-state index in [1.54, 1.807) is 0 Å². The Labute approximate surface area is 164 Å². The zero-order valence-corrected chi connectivity index (χ0v) is 16.9. The summed E-state index contributed by atoms with van der Waals surface area (Å²) in [4.78, 5) is 34.8. The van der Waals surface area contributed by atoms with Gasteiger partial charge < -0.3 is 21.2 Å². The predicted molar refractivity (Wildman–Crippen MR) is 108 cm³/mol. The summed E-state index contributed by atoms with van der Waals surface area (Å²) in [5.74, 6) is 0.178. The third-order valence-electron chi connectivity index (χ3n) is 5.54. The number of carbonyl (C=O) groups excluding carboxylic acids is 3. The van der Waals surface area contributed by atoms with Gasteiger partial charge in [0, 0.05) is 32.4 Å². The largest absolute Gasteiger partial charge is 0.356 e. The van der Waals surface area contributed by atoms with E-state index in [-0.39, 0.29) is 17.2 Å². The molecule has 1 aliphatic rings. The van der Waals surface area contributed by atoms with E-state index in [2.05, 4.69) is 10.6 Å². The Balaban J connectivity index is 2.34. The van der Waals surface area contributed by atoms with Crippen LogP contribution in [0.2, 0.25) is 0 Å². The molecule has 6 nitrogen and oxygen atoms in total. The SMILES string of the molecule is NCCCCCC(=O)NCC1(CC(=O)NCCCCCC=O)CCCCC1. The number of nitrogens with two attached hydrogens (primary N) is 1. The second-order valence-corrected chi connectivity index (χ2v) is 7.98. The van der Waals surface area contributed by atoms with Crippen molar-refractivity contribution in [1.29, 1.82) is 0 Å². The Kier molecular flexibility index (Phi) is 12.8. The van der Waals surface area contributed by atoms with E-state index < -0.39 is 0 Å². The first-order valence-electron chi connectivity index (χ1n) is 10.8. The summed E-state index contributed by atoms with van der Waals surface area (Å²) in [5, 5.41) is 6.10. The molecule has 0 heterocycles. The Morgan fingerprint density at radius 3 is 2.33 bits per heavy atom. The minimum absolute atomic E-state index is 0.0875. The lowest BCUT2D eigenvalue weighted by molar-refractivity contribution is -0.126. The van der Waals surface area contributed by atoms with Crippen molar-refractivity contribution in [2.45, 2.75) is 89.9 Å². The Morgan fingerprint density at radius 1 is 0.889 bits per heavy atom. The van der Waals surface area contributed by atoms with Crippen LogP contribution in [0.25, 0.3) is 0 Å². The van der Waals surface area contributed by atoms with Crippen LogP contribution in [-0.2, 0) is 14.4 Å². The van der Waals surface area contributed by atoms with Crippen LogP contribution in [0.1, 0.15) is 89.9 Å². The van der Waals surface area contributed by atoms with Crippen molar-refractivity contribution in [1.82, 2.24) is 10.6 Å². The molecule has 6 heteroatoms. The molecule has 0 spiro atoms. The average molecular weight is 382 g/mol. The quantitative estimate of drug-likeness (QED) is 0.300. The smallest absolute Gasteiger partial charge is 0.220 e. The van der Waals surface area contributed by atoms with E-state index in [0.29, 0.717) is 38.9 Å². The van der Waals surface area contributed by atoms with E-state index in [9.17, 15) is 14.4 Å². The highest BCUT2D eigenvalue weighted by Gasteiger charge is 2.34. The fourth-order valence-corrected chi connectivity index (χ4v) is 3.86. The van der Waals surface area contributed by atoms with Crippen LogP contribution in [0.15, 0.2) is 0 Å². The van der Waals surface area contributed by atoms with Crippen LogP contribution in [-0.4, -0.2) is 37.7 Å². The van der Waals surface area contributed by atoms with Crippen LogP contribution >= 0.6 is 0 Å². The van der Waals surface area contributed by atoms with Gasteiger partial charge in [-0.15, -0.1) is 0 Å². The lowest BCUT2D eigenvalue weighted by atomic mass is 9.71. The van der Waals surface area contributed by atoms with Crippen molar-refractivity contribution >= 4 is 18.1 Å². The van der Waals surface area contributed by atoms with Crippen molar-refractivity contribution in [2.75, 3.05) is 19.6 Å². The molecule has 0 aromatic carbocycles. The van der Waals surface area contributed by atoms with Crippen molar-refractivity contribution in [3.05, 3.63) is 0 Å². The molecule has 0 aliphatic heterocycles. The highest BCUT2D eigenvalue weighted by Crippen LogP contribution is 2.38. The minimum Gasteiger partial charge on any atom is -0.356 e. The molecule has 27 heavy (non-hydrogen) atoms. The molecule has 0 atom stereocenters. The summed E-state index contributed by atoms with van der Waals surface area (Å²) in [5.41, 5.74) is 5.39. The fraction of sp³-hybridized carbons (Fsp3) is 0.857. The number of rotatable bonds is 15. The maximum atomic E-state index is 12.4. The summed E-state index contributed by atoms with van der Waals surface area (Å²) < 4.78 is 0. The van der Waals surface area contributed by atoms with E-state index in [1.807, 2.05) is 0 Å². The van der Waals surface area contributed by atoms with Gasteiger partial charge in [0.2, 0.25) is 11.8 Å². The summed E-state index contributed by atoms with van der Waals surface area (Å²) in [6.07, 6.45) is 13.7. The standard InChI is InChI=1S/C21H39N3O3/c22-14-8-3-5-11-19(26)24-18-21(12-6-4-7-13-21)17-20(27)23-15-9-1-2-10-16-25/h16H,1-15,17-18,22H2,(H,23,27)(H,24,26). The molecule has 0 radical (unpaired) electrons. The van der Waals surface area contributed by atoms with Crippen molar-refractivity contribution in [3.63, 3.8) is 0 Å². The second kappa shape index (κ2) is 14.6. The minimum atomic E-state index is -0.0905. The Morgan fingerprint density at radius 2 is 1.63 bits per heavy atom. The first kappa shape index (κ1) is 23.6. The lowest BCUT2D eigenvalue weighted by Crippen LogP contribution is -2.42. The molecule has 1 saturated carbocycles. The van der Waals surface area contributed by atoms with Crippen molar-refractivity contribution in [3.8, 4) is 0 Å². The fourth-order valence-electron chi connectivity index (χ4n) is 3.86. The van der Waals surface area contributed by atoms with Crippen LogP contribution < -0.4 is 16.4 Å². The topological polar surface area (TPSA) is 101 Å². The van der Waals surface area contributed by atoms with Gasteiger partial charge in [-0.1, -0.05) is 32.1 Å². The van der Waals surface area contributed by atoms with Gasteiger partial charge in [-0.3, -0.25) is 9.59 Å². The van der Waals surface area contributed by atoms with Crippen LogP contribution in [0, 0.1) is 5.41 Å². The number of carbonyl (C=O) groups is 3. The lowest BCUT2D eigenvalue weighted by Gasteiger charge is -2.37. The third kappa shape index (κ3) is 11.1. The first-order chi connectivity index (χ1) is 13.1. The summed E-state index contributed by atoms with van der Waals surface area (Å²) >= 11 is 0. The van der Waals surface area contributed by atoms with Gasteiger partial charge in [0.05, 0.1) is 0 Å². The Hall–Kier alpha value is -1.43. The molecule has 0 aromatic heterocycles. The number of hydrogen-bond donors (Lipinski definition) is 3. The number of aldehydes is 1. The van der Waals surface area contributed by atoms with E-state index in [0.717, 1.165) is 70.5 Å². The number of unbranched alkanes of at least 4 members (excludes halogenated alkanes) is 5. The first-order valence-corrected chi connectivity index (χ1v) is 10.8. The number of hydrogen-bond acceptors (Lipinski definition) is 4. The molecular weight excluding hydrogens is 342 g/mol. The monoisotopic (exact) mass is 381 g/mol. The van der Waals surface area contributed by atoms with Crippen LogP contribution in [0.3, 0.4) is 0 Å². The van der Waals surface area contributed by atoms with Gasteiger partial charge in [0.1, 0.15) is 6.29 Å². The molecule has 1 fully saturated rings. The molecule has 0 saturated heterocycles. The second-order valence-electron chi connectivity index (χ2n) is 7.98. The van der Waals surface area contributed by atoms with Gasteiger partial charge in [0.15, 0.2) is 0 Å². The van der Waals surface area contributed by atoms with Crippen molar-refractivity contribution in [2.24, 2.45) is 11.1 Å². The Bertz CT molecular complexity index is 434. The van der Waals surface area contributed by atoms with Gasteiger partial charge >= 0.3 is 0 Å². The highest BCUT2D eigenvalue weighted by molar-refractivity contribution is 5.77. The van der Waals surface area contributed by atoms with E-state index >= 15 is 0 Å². The van der Waals surface area contributed by atoms with Crippen LogP contribution in [0.5, 0.6) is 0 Å².